The maximum absolute atomic E-state index is 13.5. The van der Waals surface area contributed by atoms with E-state index >= 15 is 0 Å². The predicted molar refractivity (Wildman–Crippen MR) is 92.1 cm³/mol. The van der Waals surface area contributed by atoms with E-state index in [1.54, 1.807) is 0 Å². The molecule has 0 saturated heterocycles. The Balaban J connectivity index is 2.25. The van der Waals surface area contributed by atoms with Crippen molar-refractivity contribution >= 4 is 34.1 Å². The van der Waals surface area contributed by atoms with Crippen molar-refractivity contribution in [2.24, 2.45) is 5.73 Å². The molecule has 0 spiro atoms. The van der Waals surface area contributed by atoms with Crippen LogP contribution < -0.4 is 11.0 Å². The molecule has 10 heteroatoms. The predicted octanol–water partition coefficient (Wildman–Crippen LogP) is 4.05. The van der Waals surface area contributed by atoms with E-state index in [1.165, 1.54) is 30.5 Å². The Morgan fingerprint density at radius 2 is 1.93 bits per heavy atom. The number of hydrogen-bond donors (Lipinski definition) is 3. The van der Waals surface area contributed by atoms with E-state index in [0.717, 1.165) is 16.7 Å². The summed E-state index contributed by atoms with van der Waals surface area (Å²) in [5.74, 6) is -0.809. The number of alkyl halides is 3. The van der Waals surface area contributed by atoms with Crippen molar-refractivity contribution in [2.75, 3.05) is 5.23 Å². The van der Waals surface area contributed by atoms with Gasteiger partial charge in [-0.3, -0.25) is 19.8 Å². The van der Waals surface area contributed by atoms with Crippen LogP contribution in [-0.4, -0.2) is 20.9 Å². The van der Waals surface area contributed by atoms with Crippen molar-refractivity contribution in [1.82, 2.24) is 4.57 Å². The molecule has 6 nitrogen and oxygen atoms in total. The molecule has 0 aliphatic rings. The second kappa shape index (κ2) is 6.86. The second-order valence-corrected chi connectivity index (χ2v) is 6.10. The van der Waals surface area contributed by atoms with Crippen molar-refractivity contribution in [2.45, 2.75) is 12.7 Å². The van der Waals surface area contributed by atoms with E-state index in [4.69, 9.17) is 27.7 Å². The third-order valence-electron chi connectivity index (χ3n) is 4.06. The van der Waals surface area contributed by atoms with Gasteiger partial charge in [0.05, 0.1) is 16.1 Å². The number of nitrogens with two attached hydrogens (primary N) is 1. The topological polar surface area (TPSA) is 91.7 Å². The Hall–Kier alpha value is -2.59. The lowest BCUT2D eigenvalue weighted by Crippen LogP contribution is -2.16. The molecule has 0 unspecified atom stereocenters. The van der Waals surface area contributed by atoms with E-state index in [9.17, 15) is 18.0 Å². The quantitative estimate of drug-likeness (QED) is 0.578. The van der Waals surface area contributed by atoms with Crippen LogP contribution in [0.4, 0.5) is 18.9 Å². The highest BCUT2D eigenvalue weighted by Crippen LogP contribution is 2.37. The minimum Gasteiger partial charge on any atom is -0.326 e. The molecule has 0 aliphatic carbocycles. The summed E-state index contributed by atoms with van der Waals surface area (Å²) >= 11 is 5.80. The highest BCUT2D eigenvalue weighted by molar-refractivity contribution is 6.33. The van der Waals surface area contributed by atoms with Crippen LogP contribution in [0.1, 0.15) is 21.5 Å². The van der Waals surface area contributed by atoms with Crippen LogP contribution in [0.3, 0.4) is 0 Å². The van der Waals surface area contributed by atoms with Crippen LogP contribution in [0.25, 0.3) is 10.9 Å². The molecule has 0 radical (unpaired) electrons. The molecule has 1 heterocycles. The van der Waals surface area contributed by atoms with Gasteiger partial charge in [-0.05, 0) is 29.8 Å². The monoisotopic (exact) mass is 399 g/mol. The maximum Gasteiger partial charge on any atom is 0.418 e. The summed E-state index contributed by atoms with van der Waals surface area (Å²) < 4.78 is 41.2. The summed E-state index contributed by atoms with van der Waals surface area (Å²) in [6, 6.07) is 7.12. The molecule has 0 amide bonds. The SMILES string of the molecule is NCc1cn(C(=O)c2ccc(Cl)c(N(O)O)c2)c2c(C(F)(F)F)cccc12. The van der Waals surface area contributed by atoms with Gasteiger partial charge >= 0.3 is 6.18 Å². The molecule has 2 aromatic carbocycles. The zero-order valence-corrected chi connectivity index (χ0v) is 14.3. The highest BCUT2D eigenvalue weighted by atomic mass is 35.5. The number of nitrogens with zero attached hydrogens (tertiary/aromatic N) is 2. The molecule has 1 aromatic heterocycles. The number of aromatic nitrogens is 1. The van der Waals surface area contributed by atoms with Crippen molar-refractivity contribution in [1.29, 1.82) is 0 Å². The molecule has 27 heavy (non-hydrogen) atoms. The first-order valence-electron chi connectivity index (χ1n) is 7.57. The maximum atomic E-state index is 13.5. The second-order valence-electron chi connectivity index (χ2n) is 5.69. The average molecular weight is 400 g/mol. The molecule has 3 rings (SSSR count). The zero-order chi connectivity index (χ0) is 19.9. The average Bonchev–Trinajstić information content (AvgIpc) is 2.99. The van der Waals surface area contributed by atoms with Gasteiger partial charge in [-0.1, -0.05) is 23.7 Å². The van der Waals surface area contributed by atoms with Crippen molar-refractivity contribution in [3.05, 3.63) is 64.3 Å². The Bertz CT molecular complexity index is 1030. The number of carbonyl (C=O) groups is 1. The van der Waals surface area contributed by atoms with Crippen LogP contribution in [0, 0.1) is 0 Å². The summed E-state index contributed by atoms with van der Waals surface area (Å²) in [6.45, 7) is -0.0645. The number of benzene rings is 2. The van der Waals surface area contributed by atoms with Crippen LogP contribution >= 0.6 is 11.6 Å². The molecular formula is C17H13ClF3N3O3. The number of hydrogen-bond acceptors (Lipinski definition) is 5. The number of anilines is 1. The summed E-state index contributed by atoms with van der Waals surface area (Å²) in [7, 11) is 0. The van der Waals surface area contributed by atoms with E-state index in [2.05, 4.69) is 0 Å². The lowest BCUT2D eigenvalue weighted by Gasteiger charge is -2.13. The van der Waals surface area contributed by atoms with Gasteiger partial charge in [0.1, 0.15) is 5.69 Å². The lowest BCUT2D eigenvalue weighted by atomic mass is 10.1. The fraction of sp³-hybridized carbons (Fsp3) is 0.118. The summed E-state index contributed by atoms with van der Waals surface area (Å²) in [5.41, 5.74) is 4.28. The summed E-state index contributed by atoms with van der Waals surface area (Å²) in [6.07, 6.45) is -3.44. The van der Waals surface area contributed by atoms with Gasteiger partial charge in [0.25, 0.3) is 5.91 Å². The van der Waals surface area contributed by atoms with E-state index in [0.29, 0.717) is 5.56 Å². The van der Waals surface area contributed by atoms with Gasteiger partial charge in [0.2, 0.25) is 0 Å². The van der Waals surface area contributed by atoms with E-state index in [1.807, 2.05) is 0 Å². The number of fused-ring (bicyclic) bond motifs is 1. The van der Waals surface area contributed by atoms with Gasteiger partial charge in [-0.15, -0.1) is 5.23 Å². The van der Waals surface area contributed by atoms with Crippen LogP contribution in [0.5, 0.6) is 0 Å². The van der Waals surface area contributed by atoms with Crippen LogP contribution in [0.2, 0.25) is 5.02 Å². The minimum atomic E-state index is -4.68. The van der Waals surface area contributed by atoms with Crippen LogP contribution in [0.15, 0.2) is 42.6 Å². The number of carbonyl (C=O) groups excluding carboxylic acids is 1. The zero-order valence-electron chi connectivity index (χ0n) is 13.5. The molecular weight excluding hydrogens is 387 g/mol. The summed E-state index contributed by atoms with van der Waals surface area (Å²) in [5, 5.41) is 18.2. The van der Waals surface area contributed by atoms with Gasteiger partial charge < -0.3 is 5.73 Å². The lowest BCUT2D eigenvalue weighted by molar-refractivity contribution is -0.136. The minimum absolute atomic E-state index is 0.0625. The van der Waals surface area contributed by atoms with E-state index in [-0.39, 0.29) is 38.9 Å². The molecule has 0 atom stereocenters. The molecule has 4 N–H and O–H groups in total. The fourth-order valence-corrected chi connectivity index (χ4v) is 3.03. The highest BCUT2D eigenvalue weighted by Gasteiger charge is 2.35. The van der Waals surface area contributed by atoms with Crippen molar-refractivity contribution in [3.8, 4) is 0 Å². The first-order chi connectivity index (χ1) is 12.6. The number of rotatable bonds is 3. The van der Waals surface area contributed by atoms with Gasteiger partial charge in [0.15, 0.2) is 0 Å². The van der Waals surface area contributed by atoms with Crippen LogP contribution in [-0.2, 0) is 12.7 Å². The van der Waals surface area contributed by atoms with Crippen molar-refractivity contribution in [3.63, 3.8) is 0 Å². The first-order valence-corrected chi connectivity index (χ1v) is 7.95. The molecule has 0 saturated carbocycles. The normalized spacial score (nSPS) is 11.8. The summed E-state index contributed by atoms with van der Waals surface area (Å²) in [4.78, 5) is 12.9. The Morgan fingerprint density at radius 1 is 1.22 bits per heavy atom. The largest absolute Gasteiger partial charge is 0.418 e. The standard InChI is InChI=1S/C17H13ClF3N3O3/c18-13-5-4-9(6-14(13)24(26)27)16(25)23-8-10(7-22)11-2-1-3-12(15(11)23)17(19,20)21/h1-6,8,26-27H,7,22H2. The van der Waals surface area contributed by atoms with Gasteiger partial charge in [-0.2, -0.15) is 13.2 Å². The van der Waals surface area contributed by atoms with Gasteiger partial charge in [-0.25, -0.2) is 0 Å². The third kappa shape index (κ3) is 3.37. The van der Waals surface area contributed by atoms with E-state index < -0.39 is 17.6 Å². The third-order valence-corrected chi connectivity index (χ3v) is 4.38. The van der Waals surface area contributed by atoms with Crippen molar-refractivity contribution < 1.29 is 28.4 Å². The number of halogens is 4. The Labute approximate surface area is 155 Å². The molecule has 0 bridgehead atoms. The Morgan fingerprint density at radius 3 is 2.52 bits per heavy atom. The number of para-hydroxylation sites is 1. The first kappa shape index (κ1) is 19.2. The molecule has 0 aliphatic heterocycles. The van der Waals surface area contributed by atoms with Gasteiger partial charge in [0, 0.05) is 23.7 Å². The fourth-order valence-electron chi connectivity index (χ4n) is 2.84. The molecule has 0 fully saturated rings. The molecule has 142 valence electrons. The smallest absolute Gasteiger partial charge is 0.326 e. The Kier molecular flexibility index (Phi) is 4.87. The molecule has 3 aromatic rings.